The van der Waals surface area contributed by atoms with Crippen LogP contribution in [0.3, 0.4) is 0 Å². The normalized spacial score (nSPS) is 15.1. The van der Waals surface area contributed by atoms with Crippen molar-refractivity contribution in [3.05, 3.63) is 87.3 Å². The predicted molar refractivity (Wildman–Crippen MR) is 156 cm³/mol. The number of aromatic nitrogens is 3. The first-order valence-electron chi connectivity index (χ1n) is 13.9. The van der Waals surface area contributed by atoms with Gasteiger partial charge < -0.3 is 14.8 Å². The van der Waals surface area contributed by atoms with E-state index in [1.54, 1.807) is 11.5 Å². The minimum absolute atomic E-state index is 0.0623. The number of rotatable bonds is 6. The Hall–Kier alpha value is -4.57. The van der Waals surface area contributed by atoms with Crippen molar-refractivity contribution in [1.29, 1.82) is 0 Å². The SMILES string of the molecule is CONC(=O)c1cn(-c2ccc3c(c2)CCC3)c2nc(Nc3cccc(C4CCN(C(C)=O)CC4)c3)ncc2c1=O. The van der Waals surface area contributed by atoms with Crippen LogP contribution in [-0.2, 0) is 22.5 Å². The number of benzene rings is 2. The predicted octanol–water partition coefficient (Wildman–Crippen LogP) is 4.03. The second-order valence-electron chi connectivity index (χ2n) is 10.6. The number of hydroxylamine groups is 1. The number of likely N-dealkylation sites (tertiary alicyclic amines) is 1. The van der Waals surface area contributed by atoms with Crippen LogP contribution in [0.15, 0.2) is 59.7 Å². The highest BCUT2D eigenvalue weighted by atomic mass is 16.6. The molecular formula is C31H32N6O4. The van der Waals surface area contributed by atoms with Gasteiger partial charge in [0.15, 0.2) is 5.65 Å². The molecule has 10 nitrogen and oxygen atoms in total. The number of hydrogen-bond donors (Lipinski definition) is 2. The number of amides is 2. The van der Waals surface area contributed by atoms with Crippen LogP contribution in [-0.4, -0.2) is 51.4 Å². The molecule has 0 unspecified atom stereocenters. The number of anilines is 2. The highest BCUT2D eigenvalue weighted by molar-refractivity contribution is 5.96. The van der Waals surface area contributed by atoms with Gasteiger partial charge in [-0.1, -0.05) is 18.2 Å². The Kier molecular flexibility index (Phi) is 7.23. The lowest BCUT2D eigenvalue weighted by Gasteiger charge is -2.31. The summed E-state index contributed by atoms with van der Waals surface area (Å²) in [6.07, 6.45) is 7.96. The molecule has 0 saturated carbocycles. The lowest BCUT2D eigenvalue weighted by molar-refractivity contribution is -0.129. The van der Waals surface area contributed by atoms with Crippen LogP contribution in [0.4, 0.5) is 11.6 Å². The van der Waals surface area contributed by atoms with Gasteiger partial charge in [0.25, 0.3) is 5.91 Å². The van der Waals surface area contributed by atoms with Crippen LogP contribution in [0.2, 0.25) is 0 Å². The average Bonchev–Trinajstić information content (AvgIpc) is 3.46. The minimum Gasteiger partial charge on any atom is -0.343 e. The van der Waals surface area contributed by atoms with Gasteiger partial charge in [0, 0.05) is 43.8 Å². The van der Waals surface area contributed by atoms with Gasteiger partial charge in [-0.05, 0) is 79.0 Å². The Morgan fingerprint density at radius 3 is 2.63 bits per heavy atom. The number of nitrogens with zero attached hydrogens (tertiary/aromatic N) is 4. The summed E-state index contributed by atoms with van der Waals surface area (Å²) in [6.45, 7) is 3.14. The Labute approximate surface area is 237 Å². The highest BCUT2D eigenvalue weighted by Crippen LogP contribution is 2.30. The smallest absolute Gasteiger partial charge is 0.280 e. The number of fused-ring (bicyclic) bond motifs is 2. The number of carbonyl (C=O) groups is 2. The van der Waals surface area contributed by atoms with E-state index in [1.165, 1.54) is 36.2 Å². The summed E-state index contributed by atoms with van der Waals surface area (Å²) in [7, 11) is 1.32. The van der Waals surface area contributed by atoms with Gasteiger partial charge in [-0.3, -0.25) is 19.2 Å². The zero-order valence-corrected chi connectivity index (χ0v) is 23.1. The highest BCUT2D eigenvalue weighted by Gasteiger charge is 2.23. The number of carbonyl (C=O) groups excluding carboxylic acids is 2. The molecule has 41 heavy (non-hydrogen) atoms. The number of hydrogen-bond acceptors (Lipinski definition) is 7. The Morgan fingerprint density at radius 1 is 1.05 bits per heavy atom. The van der Waals surface area contributed by atoms with Gasteiger partial charge in [0.05, 0.1) is 12.5 Å². The third kappa shape index (κ3) is 5.30. The zero-order chi connectivity index (χ0) is 28.5. The molecule has 2 aromatic carbocycles. The van der Waals surface area contributed by atoms with E-state index in [9.17, 15) is 14.4 Å². The summed E-state index contributed by atoms with van der Waals surface area (Å²) >= 11 is 0. The number of pyridine rings is 1. The molecule has 2 N–H and O–H groups in total. The van der Waals surface area contributed by atoms with Crippen molar-refractivity contribution in [3.63, 3.8) is 0 Å². The maximum atomic E-state index is 13.3. The van der Waals surface area contributed by atoms with Crippen LogP contribution in [0.5, 0.6) is 0 Å². The molecule has 3 heterocycles. The van der Waals surface area contributed by atoms with Gasteiger partial charge in [0.1, 0.15) is 5.56 Å². The molecule has 1 saturated heterocycles. The van der Waals surface area contributed by atoms with Crippen molar-refractivity contribution >= 4 is 34.5 Å². The van der Waals surface area contributed by atoms with Crippen molar-refractivity contribution < 1.29 is 14.4 Å². The third-order valence-corrected chi connectivity index (χ3v) is 8.10. The molecule has 2 aromatic heterocycles. The maximum absolute atomic E-state index is 13.3. The fraction of sp³-hybridized carbons (Fsp3) is 0.323. The van der Waals surface area contributed by atoms with Crippen molar-refractivity contribution in [2.45, 2.75) is 44.9 Å². The summed E-state index contributed by atoms with van der Waals surface area (Å²) in [4.78, 5) is 53.6. The topological polar surface area (TPSA) is 118 Å². The van der Waals surface area contributed by atoms with Gasteiger partial charge >= 0.3 is 0 Å². The van der Waals surface area contributed by atoms with Crippen LogP contribution >= 0.6 is 0 Å². The maximum Gasteiger partial charge on any atom is 0.280 e. The van der Waals surface area contributed by atoms with E-state index < -0.39 is 11.3 Å². The monoisotopic (exact) mass is 552 g/mol. The number of piperidine rings is 1. The van der Waals surface area contributed by atoms with Gasteiger partial charge in [-0.25, -0.2) is 10.5 Å². The van der Waals surface area contributed by atoms with Gasteiger partial charge in [0.2, 0.25) is 17.3 Å². The summed E-state index contributed by atoms with van der Waals surface area (Å²) in [5, 5.41) is 3.53. The quantitative estimate of drug-likeness (QED) is 0.347. The average molecular weight is 553 g/mol. The van der Waals surface area contributed by atoms with E-state index in [0.29, 0.717) is 17.5 Å². The Bertz CT molecular complexity index is 1710. The molecule has 0 bridgehead atoms. The van der Waals surface area contributed by atoms with E-state index >= 15 is 0 Å². The van der Waals surface area contributed by atoms with E-state index in [2.05, 4.69) is 40.0 Å². The molecule has 0 radical (unpaired) electrons. The second-order valence-corrected chi connectivity index (χ2v) is 10.6. The molecular weight excluding hydrogens is 520 g/mol. The molecule has 10 heteroatoms. The molecule has 6 rings (SSSR count). The summed E-state index contributed by atoms with van der Waals surface area (Å²) in [6, 6.07) is 14.3. The van der Waals surface area contributed by atoms with Crippen LogP contribution < -0.4 is 16.2 Å². The van der Waals surface area contributed by atoms with Crippen LogP contribution in [0.25, 0.3) is 16.7 Å². The summed E-state index contributed by atoms with van der Waals surface area (Å²) in [5.41, 5.74) is 7.52. The molecule has 0 atom stereocenters. The fourth-order valence-electron chi connectivity index (χ4n) is 5.91. The Balaban J connectivity index is 1.36. The lowest BCUT2D eigenvalue weighted by Crippen LogP contribution is -2.36. The van der Waals surface area contributed by atoms with E-state index in [0.717, 1.165) is 56.6 Å². The molecule has 1 aliphatic heterocycles. The molecule has 210 valence electrons. The molecule has 1 aliphatic carbocycles. The van der Waals surface area contributed by atoms with E-state index in [1.807, 2.05) is 23.1 Å². The first-order valence-corrected chi connectivity index (χ1v) is 13.9. The number of nitrogens with one attached hydrogen (secondary N) is 2. The standard InChI is InChI=1S/C31H32N6O4/c1-19(38)36-13-11-21(12-14-36)22-7-4-8-24(15-22)33-31-32-17-26-28(39)27(30(40)35-41-2)18-37(29(26)34-31)25-10-9-20-5-3-6-23(20)16-25/h4,7-10,15-18,21H,3,5-6,11-14H2,1-2H3,(H,35,40)(H,32,33,34). The summed E-state index contributed by atoms with van der Waals surface area (Å²) < 4.78 is 1.77. The van der Waals surface area contributed by atoms with E-state index in [-0.39, 0.29) is 16.9 Å². The second kappa shape index (κ2) is 11.1. The first kappa shape index (κ1) is 26.6. The Morgan fingerprint density at radius 2 is 1.85 bits per heavy atom. The number of aryl methyl sites for hydroxylation is 2. The summed E-state index contributed by atoms with van der Waals surface area (Å²) in [5.74, 6) is 0.190. The molecule has 4 aromatic rings. The molecule has 2 amide bonds. The van der Waals surface area contributed by atoms with Crippen molar-refractivity contribution in [2.24, 2.45) is 0 Å². The molecule has 1 fully saturated rings. The third-order valence-electron chi connectivity index (χ3n) is 8.10. The van der Waals surface area contributed by atoms with Crippen molar-refractivity contribution in [1.82, 2.24) is 24.9 Å². The van der Waals surface area contributed by atoms with Crippen LogP contribution in [0, 0.1) is 0 Å². The minimum atomic E-state index is -0.637. The van der Waals surface area contributed by atoms with Gasteiger partial charge in [-0.15, -0.1) is 0 Å². The van der Waals surface area contributed by atoms with Crippen molar-refractivity contribution in [2.75, 3.05) is 25.5 Å². The van der Waals surface area contributed by atoms with E-state index in [4.69, 9.17) is 9.82 Å². The fourth-order valence-corrected chi connectivity index (χ4v) is 5.91. The largest absolute Gasteiger partial charge is 0.343 e. The molecule has 2 aliphatic rings. The lowest BCUT2D eigenvalue weighted by atomic mass is 9.89. The zero-order valence-electron chi connectivity index (χ0n) is 23.1. The van der Waals surface area contributed by atoms with Gasteiger partial charge in [-0.2, -0.15) is 4.98 Å². The molecule has 0 spiro atoms. The first-order chi connectivity index (χ1) is 19.9. The van der Waals surface area contributed by atoms with Crippen molar-refractivity contribution in [3.8, 4) is 5.69 Å². The van der Waals surface area contributed by atoms with Crippen LogP contribution in [0.1, 0.15) is 59.2 Å².